The van der Waals surface area contributed by atoms with E-state index in [1.54, 1.807) is 6.07 Å². The van der Waals surface area contributed by atoms with Crippen molar-refractivity contribution in [2.75, 3.05) is 0 Å². The minimum atomic E-state index is -0.781. The van der Waals surface area contributed by atoms with Crippen LogP contribution in [0.25, 0.3) is 0 Å². The van der Waals surface area contributed by atoms with Crippen LogP contribution in [0, 0.1) is 12.8 Å². The molecule has 1 fully saturated rings. The highest BCUT2D eigenvalue weighted by atomic mass is 79.9. The van der Waals surface area contributed by atoms with Gasteiger partial charge in [0.2, 0.25) is 0 Å². The first kappa shape index (κ1) is 13.1. The van der Waals surface area contributed by atoms with Crippen molar-refractivity contribution in [3.8, 4) is 0 Å². The first-order chi connectivity index (χ1) is 8.47. The Morgan fingerprint density at radius 1 is 1.39 bits per heavy atom. The maximum Gasteiger partial charge on any atom is 0.306 e. The van der Waals surface area contributed by atoms with Crippen LogP contribution in [0.3, 0.4) is 0 Å². The topological polar surface area (TPSA) is 66.4 Å². The Kier molecular flexibility index (Phi) is 3.71. The summed E-state index contributed by atoms with van der Waals surface area (Å²) in [7, 11) is 0. The molecule has 1 aliphatic rings. The first-order valence-electron chi connectivity index (χ1n) is 5.77. The number of aryl methyl sites for hydroxylation is 1. The van der Waals surface area contributed by atoms with Crippen LogP contribution < -0.4 is 5.32 Å². The molecule has 1 aromatic rings. The second-order valence-electron chi connectivity index (χ2n) is 4.66. The Hall–Kier alpha value is -1.36. The Balaban J connectivity index is 1.95. The van der Waals surface area contributed by atoms with Crippen LogP contribution in [0.5, 0.6) is 0 Å². The van der Waals surface area contributed by atoms with Crippen LogP contribution in [0.4, 0.5) is 0 Å². The number of carbonyl (C=O) groups excluding carboxylic acids is 1. The molecule has 0 radical (unpaired) electrons. The molecule has 1 aromatic carbocycles. The number of amides is 1. The summed E-state index contributed by atoms with van der Waals surface area (Å²) < 4.78 is 0.758. The van der Waals surface area contributed by atoms with E-state index in [4.69, 9.17) is 5.11 Å². The fourth-order valence-corrected chi connectivity index (χ4v) is 2.68. The van der Waals surface area contributed by atoms with Crippen LogP contribution in [0.2, 0.25) is 0 Å². The van der Waals surface area contributed by atoms with Gasteiger partial charge < -0.3 is 10.4 Å². The lowest BCUT2D eigenvalue weighted by atomic mass is 9.80. The minimum Gasteiger partial charge on any atom is -0.481 e. The van der Waals surface area contributed by atoms with E-state index in [0.29, 0.717) is 18.4 Å². The summed E-state index contributed by atoms with van der Waals surface area (Å²) in [4.78, 5) is 22.6. The smallest absolute Gasteiger partial charge is 0.306 e. The van der Waals surface area contributed by atoms with E-state index in [9.17, 15) is 9.59 Å². The third kappa shape index (κ3) is 2.72. The van der Waals surface area contributed by atoms with Gasteiger partial charge in [-0.05, 0) is 53.4 Å². The summed E-state index contributed by atoms with van der Waals surface area (Å²) >= 11 is 3.36. The van der Waals surface area contributed by atoms with Crippen LogP contribution >= 0.6 is 15.9 Å². The van der Waals surface area contributed by atoms with E-state index < -0.39 is 5.97 Å². The standard InChI is InChI=1S/C13H14BrNO3/c1-7-2-3-10(11(14)4-7)12(16)15-9-5-8(6-9)13(17)18/h2-4,8-9H,5-6H2,1H3,(H,15,16)(H,17,18). The van der Waals surface area contributed by atoms with E-state index in [-0.39, 0.29) is 17.9 Å². The monoisotopic (exact) mass is 311 g/mol. The third-order valence-electron chi connectivity index (χ3n) is 3.19. The summed E-state index contributed by atoms with van der Waals surface area (Å²) in [6, 6.07) is 5.50. The van der Waals surface area contributed by atoms with Crippen molar-refractivity contribution < 1.29 is 14.7 Å². The zero-order valence-electron chi connectivity index (χ0n) is 9.94. The highest BCUT2D eigenvalue weighted by molar-refractivity contribution is 9.10. The number of benzene rings is 1. The predicted octanol–water partition coefficient (Wildman–Crippen LogP) is 2.35. The molecule has 1 aliphatic carbocycles. The van der Waals surface area contributed by atoms with Gasteiger partial charge in [0.15, 0.2) is 0 Å². The van der Waals surface area contributed by atoms with Gasteiger partial charge in [0.05, 0.1) is 11.5 Å². The van der Waals surface area contributed by atoms with E-state index in [0.717, 1.165) is 10.0 Å². The van der Waals surface area contributed by atoms with Crippen molar-refractivity contribution in [2.45, 2.75) is 25.8 Å². The van der Waals surface area contributed by atoms with Crippen molar-refractivity contribution in [3.63, 3.8) is 0 Å². The summed E-state index contributed by atoms with van der Waals surface area (Å²) in [5, 5.41) is 11.6. The average Bonchev–Trinajstić information content (AvgIpc) is 2.21. The molecule has 1 saturated carbocycles. The van der Waals surface area contributed by atoms with Crippen molar-refractivity contribution >= 4 is 27.8 Å². The second kappa shape index (κ2) is 5.10. The molecular weight excluding hydrogens is 298 g/mol. The van der Waals surface area contributed by atoms with Crippen LogP contribution in [0.1, 0.15) is 28.8 Å². The molecule has 18 heavy (non-hydrogen) atoms. The second-order valence-corrected chi connectivity index (χ2v) is 5.51. The van der Waals surface area contributed by atoms with Crippen LogP contribution in [-0.4, -0.2) is 23.0 Å². The van der Waals surface area contributed by atoms with Gasteiger partial charge in [0.1, 0.15) is 0 Å². The molecular formula is C13H14BrNO3. The quantitative estimate of drug-likeness (QED) is 0.900. The molecule has 2 N–H and O–H groups in total. The normalized spacial score (nSPS) is 22.1. The van der Waals surface area contributed by atoms with E-state index in [2.05, 4.69) is 21.2 Å². The lowest BCUT2D eigenvalue weighted by molar-refractivity contribution is -0.145. The largest absolute Gasteiger partial charge is 0.481 e. The number of aliphatic carboxylic acids is 1. The number of halogens is 1. The van der Waals surface area contributed by atoms with Crippen LogP contribution in [0.15, 0.2) is 22.7 Å². The summed E-state index contributed by atoms with van der Waals surface area (Å²) in [5.74, 6) is -1.25. The number of hydrogen-bond donors (Lipinski definition) is 2. The van der Waals surface area contributed by atoms with Gasteiger partial charge in [-0.1, -0.05) is 6.07 Å². The SMILES string of the molecule is Cc1ccc(C(=O)NC2CC(C(=O)O)C2)c(Br)c1. The first-order valence-corrected chi connectivity index (χ1v) is 6.56. The molecule has 0 spiro atoms. The Labute approximate surface area is 114 Å². The van der Waals surface area contributed by atoms with Gasteiger partial charge >= 0.3 is 5.97 Å². The molecule has 0 aliphatic heterocycles. The van der Waals surface area contributed by atoms with Crippen LogP contribution in [-0.2, 0) is 4.79 Å². The zero-order valence-corrected chi connectivity index (χ0v) is 11.5. The summed E-state index contributed by atoms with van der Waals surface area (Å²) in [6.45, 7) is 1.95. The Morgan fingerprint density at radius 3 is 2.61 bits per heavy atom. The molecule has 96 valence electrons. The number of carboxylic acid groups (broad SMARTS) is 1. The van der Waals surface area contributed by atoms with Gasteiger partial charge in [-0.2, -0.15) is 0 Å². The molecule has 5 heteroatoms. The summed E-state index contributed by atoms with van der Waals surface area (Å²) in [5.41, 5.74) is 1.66. The Bertz CT molecular complexity index is 495. The van der Waals surface area contributed by atoms with E-state index >= 15 is 0 Å². The van der Waals surface area contributed by atoms with Crippen molar-refractivity contribution in [3.05, 3.63) is 33.8 Å². The predicted molar refractivity (Wildman–Crippen MR) is 70.5 cm³/mol. The molecule has 0 bridgehead atoms. The Morgan fingerprint density at radius 2 is 2.06 bits per heavy atom. The molecule has 4 nitrogen and oxygen atoms in total. The number of nitrogens with one attached hydrogen (secondary N) is 1. The van der Waals surface area contributed by atoms with E-state index in [1.807, 2.05) is 19.1 Å². The molecule has 0 unspecified atom stereocenters. The number of hydrogen-bond acceptors (Lipinski definition) is 2. The fraction of sp³-hybridized carbons (Fsp3) is 0.385. The van der Waals surface area contributed by atoms with Gasteiger partial charge in [0.25, 0.3) is 5.91 Å². The average molecular weight is 312 g/mol. The van der Waals surface area contributed by atoms with Gasteiger partial charge in [-0.25, -0.2) is 0 Å². The maximum absolute atomic E-state index is 12.0. The van der Waals surface area contributed by atoms with Gasteiger partial charge in [-0.3, -0.25) is 9.59 Å². The number of carbonyl (C=O) groups is 2. The number of rotatable bonds is 3. The van der Waals surface area contributed by atoms with E-state index in [1.165, 1.54) is 0 Å². The lowest BCUT2D eigenvalue weighted by Crippen LogP contribution is -2.46. The lowest BCUT2D eigenvalue weighted by Gasteiger charge is -2.32. The minimum absolute atomic E-state index is 0.0215. The number of carboxylic acids is 1. The highest BCUT2D eigenvalue weighted by Crippen LogP contribution is 2.28. The van der Waals surface area contributed by atoms with Gasteiger partial charge in [0, 0.05) is 10.5 Å². The molecule has 1 amide bonds. The fourth-order valence-electron chi connectivity index (χ4n) is 2.00. The third-order valence-corrected chi connectivity index (χ3v) is 3.85. The van der Waals surface area contributed by atoms with Crippen molar-refractivity contribution in [1.82, 2.24) is 5.32 Å². The molecule has 0 heterocycles. The zero-order chi connectivity index (χ0) is 13.3. The molecule has 0 saturated heterocycles. The maximum atomic E-state index is 12.0. The van der Waals surface area contributed by atoms with Gasteiger partial charge in [-0.15, -0.1) is 0 Å². The molecule has 0 atom stereocenters. The summed E-state index contributed by atoms with van der Waals surface area (Å²) in [6.07, 6.45) is 1.04. The molecule has 2 rings (SSSR count). The molecule has 0 aromatic heterocycles. The highest BCUT2D eigenvalue weighted by Gasteiger charge is 2.35. The van der Waals surface area contributed by atoms with Crippen molar-refractivity contribution in [2.24, 2.45) is 5.92 Å². The van der Waals surface area contributed by atoms with Crippen molar-refractivity contribution in [1.29, 1.82) is 0 Å².